The highest BCUT2D eigenvalue weighted by Crippen LogP contribution is 2.39. The number of pyridine rings is 1. The minimum atomic E-state index is -0.588. The highest BCUT2D eigenvalue weighted by Gasteiger charge is 2.37. The summed E-state index contributed by atoms with van der Waals surface area (Å²) < 4.78 is 20.0. The Morgan fingerprint density at radius 2 is 2.12 bits per heavy atom. The molecule has 0 aliphatic carbocycles. The molecule has 5 rings (SSSR count). The van der Waals surface area contributed by atoms with E-state index in [0.717, 1.165) is 5.75 Å². The van der Waals surface area contributed by atoms with Crippen molar-refractivity contribution in [1.29, 1.82) is 0 Å². The molecule has 3 atom stereocenters. The minimum absolute atomic E-state index is 0.0210. The zero-order valence-electron chi connectivity index (χ0n) is 16.7. The van der Waals surface area contributed by atoms with E-state index in [4.69, 9.17) is 10.5 Å². The Morgan fingerprint density at radius 1 is 1.28 bits per heavy atom. The van der Waals surface area contributed by atoms with Crippen LogP contribution in [0.3, 0.4) is 0 Å². The molecule has 164 valence electrons. The summed E-state index contributed by atoms with van der Waals surface area (Å²) in [5.74, 6) is 0.831. The van der Waals surface area contributed by atoms with E-state index >= 15 is 0 Å². The van der Waals surface area contributed by atoms with Gasteiger partial charge in [-0.3, -0.25) is 5.10 Å². The monoisotopic (exact) mass is 454 g/mol. The molecule has 12 heteroatoms. The third kappa shape index (κ3) is 3.95. The van der Waals surface area contributed by atoms with Crippen molar-refractivity contribution < 1.29 is 14.2 Å². The molecule has 32 heavy (non-hydrogen) atoms. The van der Waals surface area contributed by atoms with Crippen LogP contribution in [0.4, 0.5) is 4.39 Å². The molecule has 1 fully saturated rings. The zero-order valence-corrected chi connectivity index (χ0v) is 17.5. The Balaban J connectivity index is 1.30. The van der Waals surface area contributed by atoms with Gasteiger partial charge in [0.2, 0.25) is 0 Å². The first-order valence-corrected chi connectivity index (χ1v) is 10.9. The standard InChI is InChI=1S/C20H19FN8O2S/c21-16-7-11(17-5-6-24-25-17)8-23-20(16)31-13-3-1-12(2-4-13)29-27-19(26-28-29)15-10-32-18(22)14(15)9-30/h1-8,14-15,18,30H,9-10,22H2,(H,24,25)/t14-,15?,18?/m1/s1. The van der Waals surface area contributed by atoms with Gasteiger partial charge in [0.25, 0.3) is 5.88 Å². The van der Waals surface area contributed by atoms with Gasteiger partial charge < -0.3 is 15.6 Å². The maximum absolute atomic E-state index is 14.4. The second-order valence-electron chi connectivity index (χ2n) is 7.27. The molecule has 10 nitrogen and oxygen atoms in total. The van der Waals surface area contributed by atoms with Crippen molar-refractivity contribution in [3.8, 4) is 28.6 Å². The van der Waals surface area contributed by atoms with E-state index in [-0.39, 0.29) is 29.7 Å². The van der Waals surface area contributed by atoms with Crippen LogP contribution in [0.2, 0.25) is 0 Å². The van der Waals surface area contributed by atoms with E-state index in [1.807, 2.05) is 0 Å². The fourth-order valence-electron chi connectivity index (χ4n) is 3.49. The quantitative estimate of drug-likeness (QED) is 0.399. The topological polar surface area (TPSA) is 141 Å². The lowest BCUT2D eigenvalue weighted by molar-refractivity contribution is 0.210. The molecule has 1 aromatic carbocycles. The summed E-state index contributed by atoms with van der Waals surface area (Å²) in [4.78, 5) is 5.46. The average Bonchev–Trinajstić information content (AvgIpc) is 3.56. The van der Waals surface area contributed by atoms with E-state index in [2.05, 4.69) is 30.6 Å². The molecule has 1 aliphatic heterocycles. The number of thioether (sulfide) groups is 1. The van der Waals surface area contributed by atoms with Gasteiger partial charge >= 0.3 is 0 Å². The number of rotatable bonds is 6. The first-order valence-electron chi connectivity index (χ1n) is 9.84. The molecule has 4 heterocycles. The van der Waals surface area contributed by atoms with Crippen molar-refractivity contribution in [1.82, 2.24) is 35.4 Å². The molecule has 3 aromatic heterocycles. The van der Waals surface area contributed by atoms with Crippen molar-refractivity contribution in [2.75, 3.05) is 12.4 Å². The molecule has 0 saturated carbocycles. The molecule has 4 N–H and O–H groups in total. The summed E-state index contributed by atoms with van der Waals surface area (Å²) in [6.45, 7) is -0.0210. The first kappa shape index (κ1) is 20.5. The predicted octanol–water partition coefficient (Wildman–Crippen LogP) is 2.10. The number of halogens is 1. The molecule has 1 saturated heterocycles. The van der Waals surface area contributed by atoms with Crippen LogP contribution in [0.25, 0.3) is 16.9 Å². The SMILES string of the molecule is NC1SCC(c2nnn(-c3ccc(Oc4ncc(-c5ccn[nH]5)cc4F)cc3)n2)[C@H]1CO. The van der Waals surface area contributed by atoms with Gasteiger partial charge in [0.1, 0.15) is 5.75 Å². The fourth-order valence-corrected chi connectivity index (χ4v) is 4.84. The van der Waals surface area contributed by atoms with Crippen molar-refractivity contribution in [3.63, 3.8) is 0 Å². The van der Waals surface area contributed by atoms with Crippen molar-refractivity contribution in [3.05, 3.63) is 60.4 Å². The minimum Gasteiger partial charge on any atom is -0.436 e. The highest BCUT2D eigenvalue weighted by molar-refractivity contribution is 8.00. The Bertz CT molecular complexity index is 1200. The number of aliphatic hydroxyl groups is 1. The number of nitrogens with two attached hydrogens (primary N) is 1. The van der Waals surface area contributed by atoms with E-state index in [1.165, 1.54) is 17.1 Å². The molecular formula is C20H19FN8O2S. The van der Waals surface area contributed by atoms with Gasteiger partial charge in [-0.1, -0.05) is 0 Å². The maximum Gasteiger partial charge on any atom is 0.255 e. The molecule has 0 bridgehead atoms. The summed E-state index contributed by atoms with van der Waals surface area (Å²) in [5, 5.41) is 28.8. The Hall–Kier alpha value is -3.35. The largest absolute Gasteiger partial charge is 0.436 e. The first-order chi connectivity index (χ1) is 15.6. The normalized spacial score (nSPS) is 20.5. The number of hydrogen-bond donors (Lipinski definition) is 3. The van der Waals surface area contributed by atoms with Gasteiger partial charge in [-0.25, -0.2) is 9.37 Å². The summed E-state index contributed by atoms with van der Waals surface area (Å²) >= 11 is 1.58. The van der Waals surface area contributed by atoms with E-state index < -0.39 is 5.82 Å². The van der Waals surface area contributed by atoms with Crippen LogP contribution in [0.5, 0.6) is 11.6 Å². The number of benzene rings is 1. The van der Waals surface area contributed by atoms with Gasteiger partial charge in [0.15, 0.2) is 11.6 Å². The number of ether oxygens (including phenoxy) is 1. The Kier molecular flexibility index (Phi) is 5.55. The third-order valence-corrected chi connectivity index (χ3v) is 6.57. The van der Waals surface area contributed by atoms with Gasteiger partial charge in [0.05, 0.1) is 16.8 Å². The number of aromatic nitrogens is 7. The van der Waals surface area contributed by atoms with E-state index in [1.54, 1.807) is 48.3 Å². The van der Waals surface area contributed by atoms with Gasteiger partial charge in [0, 0.05) is 42.2 Å². The third-order valence-electron chi connectivity index (χ3n) is 5.28. The summed E-state index contributed by atoms with van der Waals surface area (Å²) in [7, 11) is 0. The predicted molar refractivity (Wildman–Crippen MR) is 115 cm³/mol. The number of tetrazole rings is 1. The molecule has 0 radical (unpaired) electrons. The number of H-pyrrole nitrogens is 1. The molecule has 4 aromatic rings. The van der Waals surface area contributed by atoms with Crippen LogP contribution >= 0.6 is 11.8 Å². The summed E-state index contributed by atoms with van der Waals surface area (Å²) in [5.41, 5.74) is 7.92. The van der Waals surface area contributed by atoms with Crippen molar-refractivity contribution in [2.45, 2.75) is 11.3 Å². The number of nitrogens with one attached hydrogen (secondary N) is 1. The van der Waals surface area contributed by atoms with Crippen LogP contribution in [-0.4, -0.2) is 58.2 Å². The van der Waals surface area contributed by atoms with Crippen LogP contribution in [-0.2, 0) is 0 Å². The molecule has 1 aliphatic rings. The number of aromatic amines is 1. The van der Waals surface area contributed by atoms with Gasteiger partial charge in [-0.15, -0.1) is 26.8 Å². The highest BCUT2D eigenvalue weighted by atomic mass is 32.2. The van der Waals surface area contributed by atoms with E-state index in [0.29, 0.717) is 28.5 Å². The van der Waals surface area contributed by atoms with Crippen molar-refractivity contribution in [2.24, 2.45) is 11.7 Å². The average molecular weight is 454 g/mol. The maximum atomic E-state index is 14.4. The van der Waals surface area contributed by atoms with Crippen molar-refractivity contribution >= 4 is 11.8 Å². The Labute approximate surface area is 186 Å². The van der Waals surface area contributed by atoms with Gasteiger partial charge in [-0.2, -0.15) is 5.10 Å². The summed E-state index contributed by atoms with van der Waals surface area (Å²) in [6.07, 6.45) is 3.09. The lowest BCUT2D eigenvalue weighted by Crippen LogP contribution is -2.28. The van der Waals surface area contributed by atoms with Gasteiger partial charge in [-0.05, 0) is 41.6 Å². The van der Waals surface area contributed by atoms with Crippen LogP contribution in [0.15, 0.2) is 48.8 Å². The smallest absolute Gasteiger partial charge is 0.255 e. The lowest BCUT2D eigenvalue weighted by Gasteiger charge is -2.15. The molecule has 0 amide bonds. The van der Waals surface area contributed by atoms with E-state index in [9.17, 15) is 9.50 Å². The number of aliphatic hydroxyl groups excluding tert-OH is 1. The lowest BCUT2D eigenvalue weighted by atomic mass is 9.94. The molecule has 0 spiro atoms. The van der Waals surface area contributed by atoms with Crippen LogP contribution in [0, 0.1) is 11.7 Å². The second kappa shape index (κ2) is 8.65. The molecular weight excluding hydrogens is 435 g/mol. The molecule has 2 unspecified atom stereocenters. The second-order valence-corrected chi connectivity index (χ2v) is 8.48. The number of hydrogen-bond acceptors (Lipinski definition) is 9. The van der Waals surface area contributed by atoms with Crippen LogP contribution in [0.1, 0.15) is 11.7 Å². The fraction of sp³-hybridized carbons (Fsp3) is 0.250. The number of nitrogens with zero attached hydrogens (tertiary/aromatic N) is 6. The van der Waals surface area contributed by atoms with Crippen LogP contribution < -0.4 is 10.5 Å². The Morgan fingerprint density at radius 3 is 2.84 bits per heavy atom. The zero-order chi connectivity index (χ0) is 22.1. The summed E-state index contributed by atoms with van der Waals surface area (Å²) in [6, 6.07) is 9.86.